The van der Waals surface area contributed by atoms with Gasteiger partial charge in [0.05, 0.1) is 24.7 Å². The summed E-state index contributed by atoms with van der Waals surface area (Å²) in [5.74, 6) is 2.07. The Morgan fingerprint density at radius 3 is 2.58 bits per heavy atom. The Morgan fingerprint density at radius 2 is 1.85 bits per heavy atom. The van der Waals surface area contributed by atoms with E-state index in [1.807, 2.05) is 40.9 Å². The van der Waals surface area contributed by atoms with E-state index in [0.717, 1.165) is 68.6 Å². The Morgan fingerprint density at radius 1 is 1.04 bits per heavy atom. The molecule has 1 aromatic carbocycles. The van der Waals surface area contributed by atoms with Gasteiger partial charge in [-0.1, -0.05) is 0 Å². The predicted molar refractivity (Wildman–Crippen MR) is 104 cm³/mol. The van der Waals surface area contributed by atoms with Crippen molar-refractivity contribution in [2.75, 3.05) is 50.0 Å². The van der Waals surface area contributed by atoms with Gasteiger partial charge in [0.25, 0.3) is 5.91 Å². The van der Waals surface area contributed by atoms with E-state index < -0.39 is 0 Å². The highest BCUT2D eigenvalue weighted by Crippen LogP contribution is 2.34. The molecule has 0 N–H and O–H groups in total. The van der Waals surface area contributed by atoms with Crippen molar-refractivity contribution in [2.45, 2.75) is 11.7 Å². The molecule has 0 radical (unpaired) electrons. The number of ether oxygens (including phenoxy) is 1. The van der Waals surface area contributed by atoms with E-state index in [1.165, 1.54) is 0 Å². The summed E-state index contributed by atoms with van der Waals surface area (Å²) < 4.78 is 10.9. The molecule has 3 heterocycles. The molecule has 2 aliphatic rings. The number of hydrogen-bond donors (Lipinski definition) is 0. The smallest absolute Gasteiger partial charge is 0.253 e. The van der Waals surface area contributed by atoms with Gasteiger partial charge >= 0.3 is 0 Å². The highest BCUT2D eigenvalue weighted by atomic mass is 32.2. The van der Waals surface area contributed by atoms with Crippen molar-refractivity contribution in [3.63, 3.8) is 0 Å². The van der Waals surface area contributed by atoms with Crippen molar-refractivity contribution in [3.8, 4) is 0 Å². The predicted octanol–water partition coefficient (Wildman–Crippen LogP) is 3.44. The molecule has 0 bridgehead atoms. The lowest BCUT2D eigenvalue weighted by atomic mass is 10.1. The number of furan rings is 1. The molecule has 138 valence electrons. The molecule has 1 amide bonds. The summed E-state index contributed by atoms with van der Waals surface area (Å²) >= 11 is 1.87. The van der Waals surface area contributed by atoms with Gasteiger partial charge in [0.2, 0.25) is 0 Å². The molecule has 0 unspecified atom stereocenters. The summed E-state index contributed by atoms with van der Waals surface area (Å²) in [5.41, 5.74) is 1.93. The maximum atomic E-state index is 12.9. The second-order valence-electron chi connectivity index (χ2n) is 6.60. The van der Waals surface area contributed by atoms with Crippen molar-refractivity contribution in [3.05, 3.63) is 54.0 Å². The number of amides is 1. The number of benzene rings is 1. The van der Waals surface area contributed by atoms with Gasteiger partial charge in [-0.2, -0.15) is 0 Å². The number of carbonyl (C=O) groups is 1. The number of anilines is 1. The van der Waals surface area contributed by atoms with Crippen LogP contribution in [-0.2, 0) is 4.74 Å². The first kappa shape index (κ1) is 17.5. The molecule has 2 saturated heterocycles. The Kier molecular flexibility index (Phi) is 5.51. The SMILES string of the molecule is O=C(c1ccc(N2CCOCC2)cc1)N1CCS[C@@H](c2ccco2)CC1. The molecule has 1 aromatic heterocycles. The fourth-order valence-corrected chi connectivity index (χ4v) is 4.68. The maximum Gasteiger partial charge on any atom is 0.253 e. The summed E-state index contributed by atoms with van der Waals surface area (Å²) in [4.78, 5) is 17.2. The molecule has 26 heavy (non-hydrogen) atoms. The highest BCUT2D eigenvalue weighted by Gasteiger charge is 2.24. The van der Waals surface area contributed by atoms with E-state index in [1.54, 1.807) is 6.26 Å². The van der Waals surface area contributed by atoms with Crippen LogP contribution in [0.5, 0.6) is 0 Å². The van der Waals surface area contributed by atoms with Gasteiger partial charge in [-0.15, -0.1) is 11.8 Å². The van der Waals surface area contributed by atoms with Gasteiger partial charge in [-0.3, -0.25) is 4.79 Å². The fourth-order valence-electron chi connectivity index (χ4n) is 3.49. The van der Waals surface area contributed by atoms with Gasteiger partial charge in [0.15, 0.2) is 0 Å². The Bertz CT molecular complexity index is 711. The molecule has 0 spiro atoms. The van der Waals surface area contributed by atoms with Crippen molar-refractivity contribution in [1.29, 1.82) is 0 Å². The van der Waals surface area contributed by atoms with E-state index >= 15 is 0 Å². The van der Waals surface area contributed by atoms with Crippen LogP contribution in [0.15, 0.2) is 47.1 Å². The molecule has 2 fully saturated rings. The zero-order chi connectivity index (χ0) is 17.8. The summed E-state index contributed by atoms with van der Waals surface area (Å²) in [6.45, 7) is 4.90. The van der Waals surface area contributed by atoms with Crippen LogP contribution in [0.25, 0.3) is 0 Å². The molecular weight excluding hydrogens is 348 g/mol. The summed E-state index contributed by atoms with van der Waals surface area (Å²) in [5, 5.41) is 0.339. The summed E-state index contributed by atoms with van der Waals surface area (Å²) in [7, 11) is 0. The number of rotatable bonds is 3. The van der Waals surface area contributed by atoms with Gasteiger partial charge < -0.3 is 19.0 Å². The third-order valence-corrected chi connectivity index (χ3v) is 6.27. The Labute approximate surface area is 158 Å². The van der Waals surface area contributed by atoms with E-state index in [4.69, 9.17) is 9.15 Å². The van der Waals surface area contributed by atoms with Crippen LogP contribution in [0.4, 0.5) is 5.69 Å². The monoisotopic (exact) mass is 372 g/mol. The second-order valence-corrected chi connectivity index (χ2v) is 7.91. The first-order chi connectivity index (χ1) is 12.8. The number of thioether (sulfide) groups is 1. The van der Waals surface area contributed by atoms with Crippen LogP contribution < -0.4 is 4.90 Å². The van der Waals surface area contributed by atoms with E-state index in [0.29, 0.717) is 5.25 Å². The van der Waals surface area contributed by atoms with E-state index in [9.17, 15) is 4.79 Å². The van der Waals surface area contributed by atoms with Crippen LogP contribution in [0, 0.1) is 0 Å². The van der Waals surface area contributed by atoms with Gasteiger partial charge in [-0.05, 0) is 42.8 Å². The highest BCUT2D eigenvalue weighted by molar-refractivity contribution is 7.99. The third kappa shape index (κ3) is 3.91. The van der Waals surface area contributed by atoms with Crippen LogP contribution in [0.2, 0.25) is 0 Å². The first-order valence-electron chi connectivity index (χ1n) is 9.18. The number of morpholine rings is 1. The quantitative estimate of drug-likeness (QED) is 0.826. The molecule has 0 saturated carbocycles. The third-order valence-electron chi connectivity index (χ3n) is 4.98. The minimum atomic E-state index is 0.124. The second kappa shape index (κ2) is 8.18. The van der Waals surface area contributed by atoms with Crippen molar-refractivity contribution >= 4 is 23.4 Å². The minimum Gasteiger partial charge on any atom is -0.468 e. The largest absolute Gasteiger partial charge is 0.468 e. The summed E-state index contributed by atoms with van der Waals surface area (Å²) in [6.07, 6.45) is 2.65. The maximum absolute atomic E-state index is 12.9. The summed E-state index contributed by atoms with van der Waals surface area (Å²) in [6, 6.07) is 12.0. The Balaban J connectivity index is 1.39. The molecule has 5 nitrogen and oxygen atoms in total. The average Bonchev–Trinajstić information content (AvgIpc) is 3.13. The van der Waals surface area contributed by atoms with Gasteiger partial charge in [0, 0.05) is 43.2 Å². The van der Waals surface area contributed by atoms with Gasteiger partial charge in [-0.25, -0.2) is 0 Å². The molecule has 2 aromatic rings. The molecule has 2 aliphatic heterocycles. The van der Waals surface area contributed by atoms with Crippen molar-refractivity contribution in [2.24, 2.45) is 0 Å². The first-order valence-corrected chi connectivity index (χ1v) is 10.2. The van der Waals surface area contributed by atoms with Crippen LogP contribution in [0.1, 0.15) is 27.8 Å². The van der Waals surface area contributed by atoms with Gasteiger partial charge in [0.1, 0.15) is 5.76 Å². The number of carbonyl (C=O) groups excluding carboxylic acids is 1. The van der Waals surface area contributed by atoms with Crippen LogP contribution in [0.3, 0.4) is 0 Å². The molecule has 6 heteroatoms. The minimum absolute atomic E-state index is 0.124. The van der Waals surface area contributed by atoms with Crippen molar-refractivity contribution in [1.82, 2.24) is 4.90 Å². The molecule has 4 rings (SSSR count). The van der Waals surface area contributed by atoms with Crippen LogP contribution >= 0.6 is 11.8 Å². The topological polar surface area (TPSA) is 45.9 Å². The van der Waals surface area contributed by atoms with Crippen molar-refractivity contribution < 1.29 is 13.9 Å². The molecular formula is C20H24N2O3S. The molecule has 0 aliphatic carbocycles. The average molecular weight is 372 g/mol. The number of hydrogen-bond acceptors (Lipinski definition) is 5. The Hall–Kier alpha value is -1.92. The lowest BCUT2D eigenvalue weighted by molar-refractivity contribution is 0.0766. The zero-order valence-corrected chi connectivity index (χ0v) is 15.6. The van der Waals surface area contributed by atoms with Crippen LogP contribution in [-0.4, -0.2) is 56.0 Å². The normalized spacial score (nSPS) is 21.5. The standard InChI is InChI=1S/C20H24N2O3S/c23-20(16-3-5-17(6-4-16)21-9-13-24-14-10-21)22-8-7-19(26-15-11-22)18-2-1-12-25-18/h1-6,12,19H,7-11,13-15H2/t19-/m1/s1. The number of nitrogens with zero attached hydrogens (tertiary/aromatic N) is 2. The lowest BCUT2D eigenvalue weighted by Crippen LogP contribution is -2.36. The zero-order valence-electron chi connectivity index (χ0n) is 14.8. The van der Waals surface area contributed by atoms with E-state index in [-0.39, 0.29) is 5.91 Å². The fraction of sp³-hybridized carbons (Fsp3) is 0.450. The molecule has 1 atom stereocenters. The van der Waals surface area contributed by atoms with E-state index in [2.05, 4.69) is 17.0 Å². The lowest BCUT2D eigenvalue weighted by Gasteiger charge is -2.29.